The number of ether oxygens (including phenoxy) is 1. The summed E-state index contributed by atoms with van der Waals surface area (Å²) in [6, 6.07) is 2.89. The van der Waals surface area contributed by atoms with Crippen molar-refractivity contribution in [2.75, 3.05) is 6.61 Å². The van der Waals surface area contributed by atoms with Crippen LogP contribution in [0.15, 0.2) is 23.2 Å². The first-order valence-corrected chi connectivity index (χ1v) is 7.39. The lowest BCUT2D eigenvalue weighted by atomic mass is 10.3. The number of nitrogens with zero attached hydrogens (tertiary/aromatic N) is 1. The van der Waals surface area contributed by atoms with Crippen LogP contribution in [-0.2, 0) is 9.05 Å². The normalized spacial score (nSPS) is 11.4. The topological polar surface area (TPSA) is 56.3 Å². The first kappa shape index (κ1) is 13.3. The molecule has 6 heteroatoms. The largest absolute Gasteiger partial charge is 0.477 e. The maximum Gasteiger partial charge on any atom is 0.266 e. The predicted octanol–water partition coefficient (Wildman–Crippen LogP) is 2.58. The molecule has 0 aromatic carbocycles. The van der Waals surface area contributed by atoms with E-state index < -0.39 is 9.05 Å². The van der Waals surface area contributed by atoms with Crippen molar-refractivity contribution >= 4 is 19.7 Å². The van der Waals surface area contributed by atoms with E-state index in [1.54, 1.807) is 0 Å². The molecule has 16 heavy (non-hydrogen) atoms. The minimum atomic E-state index is -3.79. The molecule has 0 saturated carbocycles. The summed E-state index contributed by atoms with van der Waals surface area (Å²) < 4.78 is 27.7. The van der Waals surface area contributed by atoms with Gasteiger partial charge in [-0.2, -0.15) is 0 Å². The van der Waals surface area contributed by atoms with Gasteiger partial charge in [-0.3, -0.25) is 0 Å². The Kier molecular flexibility index (Phi) is 5.02. The van der Waals surface area contributed by atoms with Crippen molar-refractivity contribution in [1.29, 1.82) is 0 Å². The second-order valence-electron chi connectivity index (χ2n) is 3.30. The highest BCUT2D eigenvalue weighted by Crippen LogP contribution is 2.24. The maximum absolute atomic E-state index is 11.2. The molecule has 0 atom stereocenters. The van der Waals surface area contributed by atoms with Gasteiger partial charge < -0.3 is 4.74 Å². The molecule has 0 fully saturated rings. The highest BCUT2D eigenvalue weighted by molar-refractivity contribution is 8.13. The molecule has 0 unspecified atom stereocenters. The first-order chi connectivity index (χ1) is 7.55. The van der Waals surface area contributed by atoms with E-state index in [4.69, 9.17) is 15.4 Å². The molecule has 0 amide bonds. The van der Waals surface area contributed by atoms with E-state index in [2.05, 4.69) is 11.9 Å². The zero-order chi connectivity index (χ0) is 12.0. The Morgan fingerprint density at radius 2 is 2.19 bits per heavy atom. The number of pyridine rings is 1. The number of aromatic nitrogens is 1. The van der Waals surface area contributed by atoms with Crippen molar-refractivity contribution < 1.29 is 13.2 Å². The van der Waals surface area contributed by atoms with Crippen molar-refractivity contribution in [2.24, 2.45) is 0 Å². The lowest BCUT2D eigenvalue weighted by Crippen LogP contribution is -2.03. The molecule has 4 nitrogen and oxygen atoms in total. The molecular weight excluding hydrogens is 250 g/mol. The molecule has 1 heterocycles. The van der Waals surface area contributed by atoms with Crippen LogP contribution in [0, 0.1) is 0 Å². The Hall–Kier alpha value is -0.810. The highest BCUT2D eigenvalue weighted by Gasteiger charge is 2.17. The predicted molar refractivity (Wildman–Crippen MR) is 62.3 cm³/mol. The van der Waals surface area contributed by atoms with E-state index in [1.165, 1.54) is 18.3 Å². The summed E-state index contributed by atoms with van der Waals surface area (Å²) in [5, 5.41) is 0. The summed E-state index contributed by atoms with van der Waals surface area (Å²) in [4.78, 5) is 3.78. The molecule has 1 aromatic heterocycles. The molecule has 1 aromatic rings. The Labute approximate surface area is 100 Å². The smallest absolute Gasteiger partial charge is 0.266 e. The maximum atomic E-state index is 11.2. The molecule has 0 bridgehead atoms. The van der Waals surface area contributed by atoms with Gasteiger partial charge >= 0.3 is 0 Å². The standard InChI is InChI=1S/C10H14ClNO3S/c1-2-3-4-8-15-10-9(16(11,13)14)6-5-7-12-10/h5-7H,2-4,8H2,1H3. The zero-order valence-corrected chi connectivity index (χ0v) is 10.6. The number of halogens is 1. The van der Waals surface area contributed by atoms with Crippen LogP contribution in [0.5, 0.6) is 5.88 Å². The van der Waals surface area contributed by atoms with Crippen molar-refractivity contribution in [2.45, 2.75) is 31.1 Å². The number of rotatable bonds is 6. The first-order valence-electron chi connectivity index (χ1n) is 5.08. The van der Waals surface area contributed by atoms with E-state index in [0.717, 1.165) is 19.3 Å². The van der Waals surface area contributed by atoms with Crippen LogP contribution in [0.3, 0.4) is 0 Å². The Morgan fingerprint density at radius 3 is 2.81 bits per heavy atom. The molecule has 0 N–H and O–H groups in total. The third-order valence-electron chi connectivity index (χ3n) is 1.99. The quantitative estimate of drug-likeness (QED) is 0.585. The Bertz CT molecular complexity index is 433. The summed E-state index contributed by atoms with van der Waals surface area (Å²) in [7, 11) is 1.46. The highest BCUT2D eigenvalue weighted by atomic mass is 35.7. The van der Waals surface area contributed by atoms with Crippen LogP contribution in [0.4, 0.5) is 0 Å². The number of unbranched alkanes of at least 4 members (excludes halogenated alkanes) is 2. The minimum Gasteiger partial charge on any atom is -0.477 e. The van der Waals surface area contributed by atoms with Crippen molar-refractivity contribution in [3.63, 3.8) is 0 Å². The van der Waals surface area contributed by atoms with E-state index in [0.29, 0.717) is 6.61 Å². The fraction of sp³-hybridized carbons (Fsp3) is 0.500. The van der Waals surface area contributed by atoms with Gasteiger partial charge in [0.15, 0.2) is 0 Å². The van der Waals surface area contributed by atoms with Gasteiger partial charge in [-0.05, 0) is 18.6 Å². The Balaban J connectivity index is 2.73. The van der Waals surface area contributed by atoms with Crippen molar-refractivity contribution in [3.8, 4) is 5.88 Å². The summed E-state index contributed by atoms with van der Waals surface area (Å²) in [5.41, 5.74) is 0. The summed E-state index contributed by atoms with van der Waals surface area (Å²) >= 11 is 0. The molecule has 1 rings (SSSR count). The van der Waals surface area contributed by atoms with E-state index in [-0.39, 0.29) is 10.8 Å². The molecule has 0 spiro atoms. The summed E-state index contributed by atoms with van der Waals surface area (Å²) in [6.45, 7) is 2.53. The SMILES string of the molecule is CCCCCOc1ncccc1S(=O)(=O)Cl. The Morgan fingerprint density at radius 1 is 1.44 bits per heavy atom. The number of hydrogen-bond donors (Lipinski definition) is 0. The van der Waals surface area contributed by atoms with Gasteiger partial charge in [-0.15, -0.1) is 0 Å². The van der Waals surface area contributed by atoms with Gasteiger partial charge in [0, 0.05) is 16.9 Å². The van der Waals surface area contributed by atoms with Crippen molar-refractivity contribution in [3.05, 3.63) is 18.3 Å². The van der Waals surface area contributed by atoms with Gasteiger partial charge in [0.1, 0.15) is 4.90 Å². The van der Waals surface area contributed by atoms with Gasteiger partial charge in [0.2, 0.25) is 5.88 Å². The third kappa shape index (κ3) is 3.98. The summed E-state index contributed by atoms with van der Waals surface area (Å²) in [6.07, 6.45) is 4.46. The van der Waals surface area contributed by atoms with E-state index in [9.17, 15) is 8.42 Å². The van der Waals surface area contributed by atoms with Gasteiger partial charge in [-0.25, -0.2) is 13.4 Å². The van der Waals surface area contributed by atoms with Crippen molar-refractivity contribution in [1.82, 2.24) is 4.98 Å². The van der Waals surface area contributed by atoms with Crippen LogP contribution in [0.25, 0.3) is 0 Å². The molecule has 0 radical (unpaired) electrons. The van der Waals surface area contributed by atoms with Crippen LogP contribution in [-0.4, -0.2) is 20.0 Å². The van der Waals surface area contributed by atoms with Crippen LogP contribution in [0.2, 0.25) is 0 Å². The fourth-order valence-corrected chi connectivity index (χ4v) is 2.10. The lowest BCUT2D eigenvalue weighted by Gasteiger charge is -2.07. The van der Waals surface area contributed by atoms with Crippen LogP contribution < -0.4 is 4.74 Å². The molecule has 0 aliphatic carbocycles. The average Bonchev–Trinajstić information content (AvgIpc) is 2.24. The van der Waals surface area contributed by atoms with E-state index in [1.807, 2.05) is 0 Å². The van der Waals surface area contributed by atoms with Gasteiger partial charge in [-0.1, -0.05) is 19.8 Å². The van der Waals surface area contributed by atoms with Gasteiger partial charge in [0.05, 0.1) is 6.61 Å². The molecule has 90 valence electrons. The fourth-order valence-electron chi connectivity index (χ4n) is 1.19. The van der Waals surface area contributed by atoms with Crippen LogP contribution >= 0.6 is 10.7 Å². The second kappa shape index (κ2) is 6.06. The zero-order valence-electron chi connectivity index (χ0n) is 9.02. The van der Waals surface area contributed by atoms with E-state index >= 15 is 0 Å². The monoisotopic (exact) mass is 263 g/mol. The molecular formula is C10H14ClNO3S. The second-order valence-corrected chi connectivity index (χ2v) is 5.83. The minimum absolute atomic E-state index is 0.0758. The molecule has 0 saturated heterocycles. The van der Waals surface area contributed by atoms with Gasteiger partial charge in [0.25, 0.3) is 9.05 Å². The lowest BCUT2D eigenvalue weighted by molar-refractivity contribution is 0.287. The van der Waals surface area contributed by atoms with Crippen LogP contribution in [0.1, 0.15) is 26.2 Å². The third-order valence-corrected chi connectivity index (χ3v) is 3.32. The number of hydrogen-bond acceptors (Lipinski definition) is 4. The molecule has 0 aliphatic heterocycles. The average molecular weight is 264 g/mol. The molecule has 0 aliphatic rings. The summed E-state index contributed by atoms with van der Waals surface area (Å²) in [5.74, 6) is 0.0774.